The molecule has 0 amide bonds. The van der Waals surface area contributed by atoms with Crippen LogP contribution in [0.1, 0.15) is 35.4 Å². The van der Waals surface area contributed by atoms with Crippen molar-refractivity contribution in [3.63, 3.8) is 0 Å². The first-order valence-corrected chi connectivity index (χ1v) is 5.75. The Hall–Kier alpha value is -1.35. The van der Waals surface area contributed by atoms with E-state index in [1.165, 1.54) is 17.5 Å². The Morgan fingerprint density at radius 1 is 1.44 bits per heavy atom. The van der Waals surface area contributed by atoms with Crippen LogP contribution in [0.25, 0.3) is 0 Å². The van der Waals surface area contributed by atoms with Crippen LogP contribution in [0.4, 0.5) is 0 Å². The Morgan fingerprint density at radius 2 is 2.25 bits per heavy atom. The highest BCUT2D eigenvalue weighted by Crippen LogP contribution is 2.31. The molecule has 0 aromatic heterocycles. The van der Waals surface area contributed by atoms with E-state index in [0.29, 0.717) is 6.54 Å². The van der Waals surface area contributed by atoms with Gasteiger partial charge in [0, 0.05) is 5.92 Å². The van der Waals surface area contributed by atoms with Gasteiger partial charge in [0.2, 0.25) is 0 Å². The van der Waals surface area contributed by atoms with Crippen molar-refractivity contribution in [3.8, 4) is 0 Å². The number of hydrogen-bond donors (Lipinski definition) is 2. The lowest BCUT2D eigenvalue weighted by molar-refractivity contribution is -0.137. The van der Waals surface area contributed by atoms with Crippen LogP contribution in [-0.4, -0.2) is 17.6 Å². The van der Waals surface area contributed by atoms with E-state index in [2.05, 4.69) is 6.07 Å². The van der Waals surface area contributed by atoms with Gasteiger partial charge in [0.05, 0.1) is 6.42 Å². The molecule has 1 aliphatic rings. The van der Waals surface area contributed by atoms with Gasteiger partial charge in [0.25, 0.3) is 0 Å². The molecule has 3 nitrogen and oxygen atoms in total. The third kappa shape index (κ3) is 2.09. The number of rotatable bonds is 4. The van der Waals surface area contributed by atoms with Crippen molar-refractivity contribution in [2.24, 2.45) is 5.73 Å². The first kappa shape index (κ1) is 11.1. The molecule has 2 rings (SSSR count). The van der Waals surface area contributed by atoms with Crippen molar-refractivity contribution < 1.29 is 9.90 Å². The maximum Gasteiger partial charge on any atom is 0.304 e. The zero-order chi connectivity index (χ0) is 11.5. The molecule has 1 aromatic carbocycles. The van der Waals surface area contributed by atoms with Gasteiger partial charge >= 0.3 is 5.97 Å². The van der Waals surface area contributed by atoms with Crippen LogP contribution in [-0.2, 0) is 17.6 Å². The Bertz CT molecular complexity index is 401. The molecule has 1 aromatic rings. The minimum Gasteiger partial charge on any atom is -0.481 e. The summed E-state index contributed by atoms with van der Waals surface area (Å²) in [5.74, 6) is -0.809. The van der Waals surface area contributed by atoms with E-state index in [-0.39, 0.29) is 12.3 Å². The second-order valence-corrected chi connectivity index (χ2v) is 4.37. The molecule has 86 valence electrons. The molecule has 1 atom stereocenters. The highest BCUT2D eigenvalue weighted by atomic mass is 16.4. The monoisotopic (exact) mass is 219 g/mol. The normalized spacial score (nSPS) is 15.8. The SMILES string of the molecule is NCC(CC(=O)O)c1cccc2c1CCC2. The van der Waals surface area contributed by atoms with Gasteiger partial charge in [-0.2, -0.15) is 0 Å². The highest BCUT2D eigenvalue weighted by Gasteiger charge is 2.21. The number of fused-ring (bicyclic) bond motifs is 1. The number of benzene rings is 1. The van der Waals surface area contributed by atoms with Gasteiger partial charge in [-0.3, -0.25) is 4.79 Å². The van der Waals surface area contributed by atoms with Gasteiger partial charge in [0.1, 0.15) is 0 Å². The summed E-state index contributed by atoms with van der Waals surface area (Å²) in [6.45, 7) is 0.406. The van der Waals surface area contributed by atoms with Gasteiger partial charge in [0.15, 0.2) is 0 Å². The molecule has 3 heteroatoms. The van der Waals surface area contributed by atoms with E-state index >= 15 is 0 Å². The van der Waals surface area contributed by atoms with Gasteiger partial charge in [-0.15, -0.1) is 0 Å². The summed E-state index contributed by atoms with van der Waals surface area (Å²) in [6.07, 6.45) is 3.50. The Kier molecular flexibility index (Phi) is 3.25. The van der Waals surface area contributed by atoms with Gasteiger partial charge in [-0.1, -0.05) is 18.2 Å². The van der Waals surface area contributed by atoms with E-state index < -0.39 is 5.97 Å². The molecule has 0 bridgehead atoms. The van der Waals surface area contributed by atoms with Crippen molar-refractivity contribution in [2.45, 2.75) is 31.6 Å². The maximum absolute atomic E-state index is 10.8. The summed E-state index contributed by atoms with van der Waals surface area (Å²) in [7, 11) is 0. The Labute approximate surface area is 95.3 Å². The van der Waals surface area contributed by atoms with Gasteiger partial charge in [-0.25, -0.2) is 0 Å². The first-order chi connectivity index (χ1) is 7.72. The van der Waals surface area contributed by atoms with E-state index in [9.17, 15) is 4.79 Å². The van der Waals surface area contributed by atoms with Crippen molar-refractivity contribution in [1.82, 2.24) is 0 Å². The standard InChI is InChI=1S/C13H17NO2/c14-8-10(7-13(15)16)12-6-2-4-9-3-1-5-11(9)12/h2,4,6,10H,1,3,5,7-8,14H2,(H,15,16). The van der Waals surface area contributed by atoms with Crippen LogP contribution in [0.5, 0.6) is 0 Å². The predicted molar refractivity (Wildman–Crippen MR) is 62.5 cm³/mol. The van der Waals surface area contributed by atoms with Crippen LogP contribution in [0.3, 0.4) is 0 Å². The zero-order valence-corrected chi connectivity index (χ0v) is 9.28. The average molecular weight is 219 g/mol. The first-order valence-electron chi connectivity index (χ1n) is 5.75. The number of aliphatic carboxylic acids is 1. The fraction of sp³-hybridized carbons (Fsp3) is 0.462. The van der Waals surface area contributed by atoms with Crippen LogP contribution in [0.2, 0.25) is 0 Å². The molecule has 0 saturated carbocycles. The lowest BCUT2D eigenvalue weighted by Gasteiger charge is -2.16. The summed E-state index contributed by atoms with van der Waals surface area (Å²) in [4.78, 5) is 10.8. The quantitative estimate of drug-likeness (QED) is 0.810. The molecule has 0 spiro atoms. The lowest BCUT2D eigenvalue weighted by Crippen LogP contribution is -2.17. The summed E-state index contributed by atoms with van der Waals surface area (Å²) in [5.41, 5.74) is 9.56. The van der Waals surface area contributed by atoms with E-state index in [0.717, 1.165) is 18.4 Å². The minimum atomic E-state index is -0.772. The minimum absolute atomic E-state index is 0.0365. The summed E-state index contributed by atoms with van der Waals surface area (Å²) in [6, 6.07) is 6.19. The molecule has 1 unspecified atom stereocenters. The molecule has 0 radical (unpaired) electrons. The number of hydrogen-bond acceptors (Lipinski definition) is 2. The molecule has 16 heavy (non-hydrogen) atoms. The molecule has 0 heterocycles. The molecule has 1 aliphatic carbocycles. The second kappa shape index (κ2) is 4.66. The van der Waals surface area contributed by atoms with Gasteiger partial charge < -0.3 is 10.8 Å². The average Bonchev–Trinajstić information content (AvgIpc) is 2.73. The zero-order valence-electron chi connectivity index (χ0n) is 9.28. The molecular weight excluding hydrogens is 202 g/mol. The number of aryl methyl sites for hydroxylation is 1. The van der Waals surface area contributed by atoms with Crippen LogP contribution in [0.15, 0.2) is 18.2 Å². The fourth-order valence-corrected chi connectivity index (χ4v) is 2.56. The van der Waals surface area contributed by atoms with Crippen LogP contribution >= 0.6 is 0 Å². The summed E-state index contributed by atoms with van der Waals surface area (Å²) in [5, 5.41) is 8.87. The molecule has 0 saturated heterocycles. The van der Waals surface area contributed by atoms with Crippen molar-refractivity contribution in [3.05, 3.63) is 34.9 Å². The summed E-state index contributed by atoms with van der Waals surface area (Å²) < 4.78 is 0. The number of nitrogens with two attached hydrogens (primary N) is 1. The third-order valence-electron chi connectivity index (χ3n) is 3.33. The van der Waals surface area contributed by atoms with Crippen LogP contribution < -0.4 is 5.73 Å². The largest absolute Gasteiger partial charge is 0.481 e. The highest BCUT2D eigenvalue weighted by molar-refractivity contribution is 5.68. The lowest BCUT2D eigenvalue weighted by atomic mass is 9.90. The molecule has 0 aliphatic heterocycles. The number of carboxylic acid groups (broad SMARTS) is 1. The van der Waals surface area contributed by atoms with Gasteiger partial charge in [-0.05, 0) is 42.5 Å². The third-order valence-corrected chi connectivity index (χ3v) is 3.33. The smallest absolute Gasteiger partial charge is 0.304 e. The number of carboxylic acids is 1. The second-order valence-electron chi connectivity index (χ2n) is 4.37. The van der Waals surface area contributed by atoms with E-state index in [4.69, 9.17) is 10.8 Å². The topological polar surface area (TPSA) is 63.3 Å². The Morgan fingerprint density at radius 3 is 2.94 bits per heavy atom. The predicted octanol–water partition coefficient (Wildman–Crippen LogP) is 1.69. The molecule has 0 fully saturated rings. The van der Waals surface area contributed by atoms with E-state index in [1.807, 2.05) is 12.1 Å². The van der Waals surface area contributed by atoms with Crippen molar-refractivity contribution in [2.75, 3.05) is 6.54 Å². The maximum atomic E-state index is 10.8. The van der Waals surface area contributed by atoms with E-state index in [1.54, 1.807) is 0 Å². The summed E-state index contributed by atoms with van der Waals surface area (Å²) >= 11 is 0. The molecule has 3 N–H and O–H groups in total. The Balaban J connectivity index is 2.31. The van der Waals surface area contributed by atoms with Crippen molar-refractivity contribution >= 4 is 5.97 Å². The van der Waals surface area contributed by atoms with Crippen LogP contribution in [0, 0.1) is 0 Å². The van der Waals surface area contributed by atoms with Crippen molar-refractivity contribution in [1.29, 1.82) is 0 Å². The fourth-order valence-electron chi connectivity index (χ4n) is 2.56. The number of carbonyl (C=O) groups is 1. The molecular formula is C13H17NO2.